The molecule has 3 rings (SSSR count). The molecular formula is C14H13N5O. The van der Waals surface area contributed by atoms with Crippen molar-refractivity contribution >= 4 is 16.8 Å². The fraction of sp³-hybridized carbons (Fsp3) is 0.143. The number of hydrogen-bond donors (Lipinski definition) is 2. The summed E-state index contributed by atoms with van der Waals surface area (Å²) >= 11 is 0. The lowest BCUT2D eigenvalue weighted by Gasteiger charge is -2.06. The van der Waals surface area contributed by atoms with Gasteiger partial charge in [-0.05, 0) is 18.1 Å². The van der Waals surface area contributed by atoms with E-state index in [4.69, 9.17) is 0 Å². The van der Waals surface area contributed by atoms with Crippen LogP contribution in [-0.4, -0.2) is 32.8 Å². The minimum atomic E-state index is -0.230. The highest BCUT2D eigenvalue weighted by Crippen LogP contribution is 2.15. The molecule has 0 unspecified atom stereocenters. The number of H-pyrrole nitrogens is 1. The van der Waals surface area contributed by atoms with Crippen LogP contribution >= 0.6 is 0 Å². The molecule has 100 valence electrons. The van der Waals surface area contributed by atoms with E-state index in [1.807, 2.05) is 30.3 Å². The van der Waals surface area contributed by atoms with E-state index in [0.29, 0.717) is 12.2 Å². The Kier molecular flexibility index (Phi) is 3.36. The first-order valence-corrected chi connectivity index (χ1v) is 6.31. The van der Waals surface area contributed by atoms with Crippen LogP contribution in [0, 0.1) is 0 Å². The quantitative estimate of drug-likeness (QED) is 0.747. The van der Waals surface area contributed by atoms with Crippen LogP contribution in [0.1, 0.15) is 16.1 Å². The Morgan fingerprint density at radius 2 is 2.15 bits per heavy atom. The van der Waals surface area contributed by atoms with Gasteiger partial charge < -0.3 is 5.32 Å². The summed E-state index contributed by atoms with van der Waals surface area (Å²) < 4.78 is 0. The largest absolute Gasteiger partial charge is 0.350 e. The highest BCUT2D eigenvalue weighted by Gasteiger charge is 2.08. The van der Waals surface area contributed by atoms with Gasteiger partial charge in [0, 0.05) is 18.1 Å². The van der Waals surface area contributed by atoms with Crippen LogP contribution in [0.2, 0.25) is 0 Å². The third kappa shape index (κ3) is 2.49. The summed E-state index contributed by atoms with van der Waals surface area (Å²) in [5.41, 5.74) is 2.38. The van der Waals surface area contributed by atoms with Crippen LogP contribution < -0.4 is 5.32 Å². The summed E-state index contributed by atoms with van der Waals surface area (Å²) in [6.07, 6.45) is 3.90. The summed E-state index contributed by atoms with van der Waals surface area (Å²) in [4.78, 5) is 16.1. The number of fused-ring (bicyclic) bond motifs is 1. The Morgan fingerprint density at radius 1 is 1.25 bits per heavy atom. The van der Waals surface area contributed by atoms with Crippen LogP contribution in [0.4, 0.5) is 0 Å². The zero-order valence-corrected chi connectivity index (χ0v) is 10.7. The van der Waals surface area contributed by atoms with Gasteiger partial charge in [0.2, 0.25) is 0 Å². The zero-order valence-electron chi connectivity index (χ0n) is 10.7. The molecule has 0 saturated heterocycles. The number of pyridine rings is 1. The molecule has 0 aliphatic rings. The predicted molar refractivity (Wildman–Crippen MR) is 74.2 cm³/mol. The molecule has 0 radical (unpaired) electrons. The Hall–Kier alpha value is -2.76. The standard InChI is InChI=1S/C14H13N5O/c20-14(12-9-17-19-18-12)16-8-6-11-4-1-3-10-5-2-7-15-13(10)11/h1-5,7,9H,6,8H2,(H,16,20)(H,17,18,19). The number of carbonyl (C=O) groups is 1. The second-order valence-corrected chi connectivity index (χ2v) is 4.35. The van der Waals surface area contributed by atoms with Gasteiger partial charge in [-0.15, -0.1) is 0 Å². The van der Waals surface area contributed by atoms with Crippen LogP contribution in [0.15, 0.2) is 42.7 Å². The third-order valence-electron chi connectivity index (χ3n) is 3.04. The van der Waals surface area contributed by atoms with Crippen LogP contribution in [-0.2, 0) is 6.42 Å². The van der Waals surface area contributed by atoms with Gasteiger partial charge in [0.25, 0.3) is 5.91 Å². The summed E-state index contributed by atoms with van der Waals surface area (Å²) in [6.45, 7) is 0.529. The summed E-state index contributed by atoms with van der Waals surface area (Å²) in [6, 6.07) is 9.99. The van der Waals surface area contributed by atoms with E-state index < -0.39 is 0 Å². The lowest BCUT2D eigenvalue weighted by molar-refractivity contribution is 0.0949. The number of hydrogen-bond acceptors (Lipinski definition) is 4. The molecule has 1 amide bonds. The van der Waals surface area contributed by atoms with Gasteiger partial charge in [-0.25, -0.2) is 0 Å². The van der Waals surface area contributed by atoms with E-state index in [-0.39, 0.29) is 5.91 Å². The maximum atomic E-state index is 11.7. The van der Waals surface area contributed by atoms with Gasteiger partial charge in [0.1, 0.15) is 0 Å². The summed E-state index contributed by atoms with van der Waals surface area (Å²) in [5, 5.41) is 13.7. The van der Waals surface area contributed by atoms with Gasteiger partial charge in [0.15, 0.2) is 5.69 Å². The first-order chi connectivity index (χ1) is 9.84. The van der Waals surface area contributed by atoms with Gasteiger partial charge in [-0.2, -0.15) is 15.4 Å². The number of carbonyl (C=O) groups excluding carboxylic acids is 1. The highest BCUT2D eigenvalue weighted by atomic mass is 16.1. The van der Waals surface area contributed by atoms with Crippen LogP contribution in [0.5, 0.6) is 0 Å². The van der Waals surface area contributed by atoms with E-state index in [9.17, 15) is 4.79 Å². The summed E-state index contributed by atoms with van der Waals surface area (Å²) in [7, 11) is 0. The minimum Gasteiger partial charge on any atom is -0.350 e. The molecule has 0 atom stereocenters. The Morgan fingerprint density at radius 3 is 3.00 bits per heavy atom. The molecule has 0 fully saturated rings. The lowest BCUT2D eigenvalue weighted by Crippen LogP contribution is -2.26. The van der Waals surface area contributed by atoms with Crippen molar-refractivity contribution in [1.29, 1.82) is 0 Å². The highest BCUT2D eigenvalue weighted by molar-refractivity contribution is 5.91. The second-order valence-electron chi connectivity index (χ2n) is 4.35. The minimum absolute atomic E-state index is 0.230. The molecule has 2 N–H and O–H groups in total. The smallest absolute Gasteiger partial charge is 0.273 e. The molecule has 1 aromatic carbocycles. The second kappa shape index (κ2) is 5.48. The molecule has 0 spiro atoms. The van der Waals surface area contributed by atoms with Crippen molar-refractivity contribution in [2.45, 2.75) is 6.42 Å². The van der Waals surface area contributed by atoms with Crippen molar-refractivity contribution in [3.8, 4) is 0 Å². The van der Waals surface area contributed by atoms with Crippen molar-refractivity contribution in [2.24, 2.45) is 0 Å². The van der Waals surface area contributed by atoms with Crippen molar-refractivity contribution in [2.75, 3.05) is 6.54 Å². The predicted octanol–water partition coefficient (Wildman–Crippen LogP) is 1.33. The fourth-order valence-electron chi connectivity index (χ4n) is 2.08. The Bertz CT molecular complexity index is 718. The van der Waals surface area contributed by atoms with E-state index in [2.05, 4.69) is 25.7 Å². The average molecular weight is 267 g/mol. The molecule has 6 nitrogen and oxygen atoms in total. The number of nitrogens with zero attached hydrogens (tertiary/aromatic N) is 3. The van der Waals surface area contributed by atoms with Crippen LogP contribution in [0.3, 0.4) is 0 Å². The van der Waals surface area contributed by atoms with Gasteiger partial charge >= 0.3 is 0 Å². The lowest BCUT2D eigenvalue weighted by atomic mass is 10.1. The first kappa shape index (κ1) is 12.3. The number of para-hydroxylation sites is 1. The number of rotatable bonds is 4. The number of nitrogens with one attached hydrogen (secondary N) is 2. The number of benzene rings is 1. The van der Waals surface area contributed by atoms with Crippen molar-refractivity contribution in [3.63, 3.8) is 0 Å². The maximum Gasteiger partial charge on any atom is 0.273 e. The van der Waals surface area contributed by atoms with E-state index in [1.165, 1.54) is 6.20 Å². The van der Waals surface area contributed by atoms with E-state index >= 15 is 0 Å². The monoisotopic (exact) mass is 267 g/mol. The number of aromatic nitrogens is 4. The first-order valence-electron chi connectivity index (χ1n) is 6.31. The normalized spacial score (nSPS) is 10.6. The fourth-order valence-corrected chi connectivity index (χ4v) is 2.08. The van der Waals surface area contributed by atoms with Crippen molar-refractivity contribution < 1.29 is 4.79 Å². The molecular weight excluding hydrogens is 254 g/mol. The molecule has 6 heteroatoms. The van der Waals surface area contributed by atoms with Crippen LogP contribution in [0.25, 0.3) is 10.9 Å². The molecule has 0 aliphatic carbocycles. The molecule has 2 heterocycles. The Balaban J connectivity index is 1.67. The third-order valence-corrected chi connectivity index (χ3v) is 3.04. The van der Waals surface area contributed by atoms with E-state index in [1.54, 1.807) is 6.20 Å². The maximum absolute atomic E-state index is 11.7. The molecule has 0 saturated carbocycles. The van der Waals surface area contributed by atoms with Gasteiger partial charge in [-0.3, -0.25) is 9.78 Å². The number of aromatic amines is 1. The molecule has 2 aromatic heterocycles. The van der Waals surface area contributed by atoms with E-state index in [0.717, 1.165) is 22.9 Å². The molecule has 3 aromatic rings. The Labute approximate surface area is 115 Å². The molecule has 0 aliphatic heterocycles. The van der Waals surface area contributed by atoms with Gasteiger partial charge in [0.05, 0.1) is 11.7 Å². The summed E-state index contributed by atoms with van der Waals surface area (Å²) in [5.74, 6) is -0.230. The average Bonchev–Trinajstić information content (AvgIpc) is 3.02. The topological polar surface area (TPSA) is 83.6 Å². The van der Waals surface area contributed by atoms with Crippen molar-refractivity contribution in [1.82, 2.24) is 25.7 Å². The molecule has 20 heavy (non-hydrogen) atoms. The van der Waals surface area contributed by atoms with Crippen molar-refractivity contribution in [3.05, 3.63) is 54.0 Å². The van der Waals surface area contributed by atoms with Gasteiger partial charge in [-0.1, -0.05) is 24.3 Å². The zero-order chi connectivity index (χ0) is 13.8. The number of amides is 1. The molecule has 0 bridgehead atoms. The SMILES string of the molecule is O=C(NCCc1cccc2cccnc12)c1cn[nH]n1.